The van der Waals surface area contributed by atoms with Gasteiger partial charge in [0.2, 0.25) is 0 Å². The summed E-state index contributed by atoms with van der Waals surface area (Å²) in [7, 11) is 0. The van der Waals surface area contributed by atoms with Gasteiger partial charge in [0, 0.05) is 11.1 Å². The molecule has 0 aromatic heterocycles. The highest BCUT2D eigenvalue weighted by atomic mass is 35.5. The van der Waals surface area contributed by atoms with Gasteiger partial charge in [-0.2, -0.15) is 0 Å². The molecule has 2 atom stereocenters. The molecule has 0 aliphatic rings. The van der Waals surface area contributed by atoms with Crippen molar-refractivity contribution in [3.8, 4) is 0 Å². The molecule has 14 heavy (non-hydrogen) atoms. The Morgan fingerprint density at radius 2 is 1.71 bits per heavy atom. The van der Waals surface area contributed by atoms with E-state index in [0.29, 0.717) is 5.02 Å². The summed E-state index contributed by atoms with van der Waals surface area (Å²) in [6, 6.07) is 6.88. The summed E-state index contributed by atoms with van der Waals surface area (Å²) in [5, 5.41) is 10.5. The van der Waals surface area contributed by atoms with E-state index in [9.17, 15) is 5.11 Å². The molecule has 0 heterocycles. The van der Waals surface area contributed by atoms with Crippen LogP contribution in [0.4, 0.5) is 0 Å². The fourth-order valence-electron chi connectivity index (χ4n) is 1.25. The van der Waals surface area contributed by atoms with Gasteiger partial charge in [-0.25, -0.2) is 0 Å². The SMILES string of the molecule is CC(C)[C@H](N)[C@H](O)c1ccc(Cl)cc1. The molecule has 1 aromatic carbocycles. The summed E-state index contributed by atoms with van der Waals surface area (Å²) < 4.78 is 0. The number of aliphatic hydroxyl groups is 1. The van der Waals surface area contributed by atoms with Crippen LogP contribution in [0.15, 0.2) is 24.3 Å². The second-order valence-corrected chi connectivity index (χ2v) is 4.25. The summed E-state index contributed by atoms with van der Waals surface area (Å²) in [6.07, 6.45) is -0.618. The molecule has 1 aromatic rings. The lowest BCUT2D eigenvalue weighted by atomic mass is 9.94. The van der Waals surface area contributed by atoms with E-state index in [1.165, 1.54) is 0 Å². The van der Waals surface area contributed by atoms with Crippen LogP contribution in [0.5, 0.6) is 0 Å². The molecular weight excluding hydrogens is 198 g/mol. The third-order valence-electron chi connectivity index (χ3n) is 2.35. The average molecular weight is 214 g/mol. The molecule has 0 fully saturated rings. The number of aliphatic hydroxyl groups excluding tert-OH is 1. The van der Waals surface area contributed by atoms with Gasteiger partial charge < -0.3 is 10.8 Å². The monoisotopic (exact) mass is 213 g/mol. The molecule has 3 N–H and O–H groups in total. The van der Waals surface area contributed by atoms with E-state index in [0.717, 1.165) is 5.56 Å². The highest BCUT2D eigenvalue weighted by Gasteiger charge is 2.19. The Balaban J connectivity index is 2.78. The van der Waals surface area contributed by atoms with E-state index in [1.807, 2.05) is 13.8 Å². The van der Waals surface area contributed by atoms with Crippen LogP contribution in [0, 0.1) is 5.92 Å². The van der Waals surface area contributed by atoms with Crippen molar-refractivity contribution >= 4 is 11.6 Å². The summed E-state index contributed by atoms with van der Waals surface area (Å²) in [6.45, 7) is 3.98. The van der Waals surface area contributed by atoms with E-state index in [2.05, 4.69) is 0 Å². The van der Waals surface area contributed by atoms with Crippen molar-refractivity contribution in [3.63, 3.8) is 0 Å². The summed E-state index contributed by atoms with van der Waals surface area (Å²) >= 11 is 5.75. The zero-order chi connectivity index (χ0) is 10.7. The smallest absolute Gasteiger partial charge is 0.0943 e. The summed E-state index contributed by atoms with van der Waals surface area (Å²) in [4.78, 5) is 0. The first kappa shape index (κ1) is 11.5. The highest BCUT2D eigenvalue weighted by molar-refractivity contribution is 6.30. The Hall–Kier alpha value is -0.570. The van der Waals surface area contributed by atoms with Crippen LogP contribution in [0.3, 0.4) is 0 Å². The first-order valence-corrected chi connectivity index (χ1v) is 5.09. The van der Waals surface area contributed by atoms with Crippen molar-refractivity contribution in [2.45, 2.75) is 26.0 Å². The first-order valence-electron chi connectivity index (χ1n) is 4.71. The average Bonchev–Trinajstić information content (AvgIpc) is 2.16. The first-order chi connectivity index (χ1) is 6.52. The summed E-state index contributed by atoms with van der Waals surface area (Å²) in [5.74, 6) is 0.251. The van der Waals surface area contributed by atoms with E-state index in [-0.39, 0.29) is 12.0 Å². The minimum Gasteiger partial charge on any atom is -0.387 e. The van der Waals surface area contributed by atoms with Gasteiger partial charge in [-0.15, -0.1) is 0 Å². The molecule has 78 valence electrons. The Morgan fingerprint density at radius 3 is 2.14 bits per heavy atom. The maximum Gasteiger partial charge on any atom is 0.0943 e. The zero-order valence-electron chi connectivity index (χ0n) is 8.44. The van der Waals surface area contributed by atoms with Gasteiger partial charge in [0.25, 0.3) is 0 Å². The lowest BCUT2D eigenvalue weighted by Crippen LogP contribution is -2.33. The number of rotatable bonds is 3. The number of nitrogens with two attached hydrogens (primary N) is 1. The molecule has 0 spiro atoms. The minimum atomic E-state index is -0.618. The van der Waals surface area contributed by atoms with Crippen molar-refractivity contribution in [2.24, 2.45) is 11.7 Å². The molecule has 0 aliphatic carbocycles. The van der Waals surface area contributed by atoms with Gasteiger partial charge >= 0.3 is 0 Å². The van der Waals surface area contributed by atoms with Gasteiger partial charge in [-0.3, -0.25) is 0 Å². The lowest BCUT2D eigenvalue weighted by molar-refractivity contribution is 0.126. The van der Waals surface area contributed by atoms with Crippen molar-refractivity contribution in [1.29, 1.82) is 0 Å². The molecule has 1 rings (SSSR count). The van der Waals surface area contributed by atoms with Gasteiger partial charge in [0.15, 0.2) is 0 Å². The van der Waals surface area contributed by atoms with Crippen LogP contribution in [-0.4, -0.2) is 11.1 Å². The van der Waals surface area contributed by atoms with Crippen LogP contribution in [0.1, 0.15) is 25.5 Å². The third-order valence-corrected chi connectivity index (χ3v) is 2.60. The highest BCUT2D eigenvalue weighted by Crippen LogP contribution is 2.21. The van der Waals surface area contributed by atoms with Crippen LogP contribution in [-0.2, 0) is 0 Å². The van der Waals surface area contributed by atoms with Crippen molar-refractivity contribution in [2.75, 3.05) is 0 Å². The molecule has 0 aliphatic heterocycles. The molecule has 0 unspecified atom stereocenters. The molecular formula is C11H16ClNO. The molecule has 0 saturated heterocycles. The van der Waals surface area contributed by atoms with Gasteiger partial charge in [0.05, 0.1) is 6.10 Å². The van der Waals surface area contributed by atoms with Crippen LogP contribution < -0.4 is 5.73 Å². The maximum absolute atomic E-state index is 9.88. The molecule has 0 radical (unpaired) electrons. The topological polar surface area (TPSA) is 46.2 Å². The lowest BCUT2D eigenvalue weighted by Gasteiger charge is -2.22. The van der Waals surface area contributed by atoms with Crippen LogP contribution >= 0.6 is 11.6 Å². The van der Waals surface area contributed by atoms with Gasteiger partial charge in [-0.05, 0) is 23.6 Å². The van der Waals surface area contributed by atoms with Crippen molar-refractivity contribution in [3.05, 3.63) is 34.9 Å². The maximum atomic E-state index is 9.88. The minimum absolute atomic E-state index is 0.240. The Morgan fingerprint density at radius 1 is 1.21 bits per heavy atom. The van der Waals surface area contributed by atoms with E-state index >= 15 is 0 Å². The second kappa shape index (κ2) is 4.78. The predicted molar refractivity (Wildman–Crippen MR) is 59.2 cm³/mol. The zero-order valence-corrected chi connectivity index (χ0v) is 9.20. The van der Waals surface area contributed by atoms with Crippen LogP contribution in [0.2, 0.25) is 5.02 Å². The van der Waals surface area contributed by atoms with Gasteiger partial charge in [-0.1, -0.05) is 37.6 Å². The second-order valence-electron chi connectivity index (χ2n) is 3.82. The normalized spacial score (nSPS) is 15.6. The fourth-order valence-corrected chi connectivity index (χ4v) is 1.37. The van der Waals surface area contributed by atoms with Crippen molar-refractivity contribution < 1.29 is 5.11 Å². The summed E-state index contributed by atoms with van der Waals surface area (Å²) in [5.41, 5.74) is 6.66. The number of hydrogen-bond donors (Lipinski definition) is 2. The number of halogens is 1. The Kier molecular flexibility index (Phi) is 3.93. The van der Waals surface area contributed by atoms with Crippen molar-refractivity contribution in [1.82, 2.24) is 0 Å². The van der Waals surface area contributed by atoms with E-state index in [1.54, 1.807) is 24.3 Å². The van der Waals surface area contributed by atoms with E-state index < -0.39 is 6.10 Å². The molecule has 3 heteroatoms. The molecule has 0 bridgehead atoms. The predicted octanol–water partition coefficient (Wildman–Crippen LogP) is 2.36. The van der Waals surface area contributed by atoms with Gasteiger partial charge in [0.1, 0.15) is 0 Å². The number of hydrogen-bond acceptors (Lipinski definition) is 2. The molecule has 0 saturated carbocycles. The number of benzene rings is 1. The quantitative estimate of drug-likeness (QED) is 0.810. The Bertz CT molecular complexity index is 284. The van der Waals surface area contributed by atoms with Crippen LogP contribution in [0.25, 0.3) is 0 Å². The van der Waals surface area contributed by atoms with E-state index in [4.69, 9.17) is 17.3 Å². The largest absolute Gasteiger partial charge is 0.387 e. The fraction of sp³-hybridized carbons (Fsp3) is 0.455. The molecule has 2 nitrogen and oxygen atoms in total. The Labute approximate surface area is 89.7 Å². The third kappa shape index (κ3) is 2.71. The standard InChI is InChI=1S/C11H16ClNO/c1-7(2)10(13)11(14)8-3-5-9(12)6-4-8/h3-7,10-11,14H,13H2,1-2H3/t10-,11+/m0/s1. The molecule has 0 amide bonds.